The molecule has 0 aliphatic heterocycles. The van der Waals surface area contributed by atoms with Crippen molar-refractivity contribution >= 4 is 5.57 Å². The van der Waals surface area contributed by atoms with Crippen LogP contribution in [0.5, 0.6) is 0 Å². The van der Waals surface area contributed by atoms with Crippen molar-refractivity contribution in [1.29, 1.82) is 0 Å². The minimum absolute atomic E-state index is 0.637. The molecule has 21 heavy (non-hydrogen) atoms. The summed E-state index contributed by atoms with van der Waals surface area (Å²) >= 11 is 0. The van der Waals surface area contributed by atoms with E-state index in [2.05, 4.69) is 79.7 Å². The third-order valence-corrected chi connectivity index (χ3v) is 4.22. The first-order chi connectivity index (χ1) is 10.2. The second-order valence-corrected chi connectivity index (χ2v) is 6.16. The minimum Gasteiger partial charge on any atom is -0.309 e. The fraction of sp³-hybridized carbons (Fsp3) is 0.300. The van der Waals surface area contributed by atoms with E-state index >= 15 is 0 Å². The molecule has 0 saturated heterocycles. The van der Waals surface area contributed by atoms with Crippen LogP contribution in [0, 0.1) is 5.92 Å². The van der Waals surface area contributed by atoms with Crippen LogP contribution in [0.1, 0.15) is 23.1 Å². The molecule has 0 aromatic heterocycles. The Kier molecular flexibility index (Phi) is 4.21. The molecular formula is C20H23N. The lowest BCUT2D eigenvalue weighted by molar-refractivity contribution is 0.371. The maximum Gasteiger partial charge on any atom is -0.00191 e. The standard InChI is InChI=1S/C20H23N/c1-21(2)13-12-16-14-18-10-6-7-11-19(18)20(15-16)17-8-4-3-5-9-17/h3-11,15-16H,12-14H2,1-2H3. The summed E-state index contributed by atoms with van der Waals surface area (Å²) in [6.07, 6.45) is 4.87. The van der Waals surface area contributed by atoms with Crippen LogP contribution in [0.25, 0.3) is 5.57 Å². The van der Waals surface area contributed by atoms with Gasteiger partial charge in [-0.05, 0) is 61.7 Å². The molecule has 0 N–H and O–H groups in total. The number of hydrogen-bond acceptors (Lipinski definition) is 1. The smallest absolute Gasteiger partial charge is 0.00191 e. The van der Waals surface area contributed by atoms with E-state index in [1.54, 1.807) is 0 Å². The fourth-order valence-corrected chi connectivity index (χ4v) is 3.11. The van der Waals surface area contributed by atoms with E-state index < -0.39 is 0 Å². The Morgan fingerprint density at radius 3 is 2.43 bits per heavy atom. The maximum absolute atomic E-state index is 2.49. The van der Waals surface area contributed by atoms with Crippen molar-refractivity contribution in [2.24, 2.45) is 5.92 Å². The largest absolute Gasteiger partial charge is 0.309 e. The van der Waals surface area contributed by atoms with Crippen LogP contribution in [0.2, 0.25) is 0 Å². The normalized spacial score (nSPS) is 17.5. The van der Waals surface area contributed by atoms with Crippen LogP contribution in [0.15, 0.2) is 60.7 Å². The molecule has 0 spiro atoms. The lowest BCUT2D eigenvalue weighted by atomic mass is 9.81. The Hall–Kier alpha value is -1.86. The van der Waals surface area contributed by atoms with Crippen molar-refractivity contribution in [3.8, 4) is 0 Å². The Morgan fingerprint density at radius 2 is 1.67 bits per heavy atom. The summed E-state index contributed by atoms with van der Waals surface area (Å²) in [5, 5.41) is 0. The second-order valence-electron chi connectivity index (χ2n) is 6.16. The molecule has 1 atom stereocenters. The number of fused-ring (bicyclic) bond motifs is 1. The molecule has 108 valence electrons. The molecule has 0 radical (unpaired) electrons. The molecule has 2 aromatic rings. The van der Waals surface area contributed by atoms with Gasteiger partial charge in [-0.3, -0.25) is 0 Å². The summed E-state index contributed by atoms with van der Waals surface area (Å²) in [6.45, 7) is 1.14. The van der Waals surface area contributed by atoms with Crippen molar-refractivity contribution < 1.29 is 0 Å². The molecule has 0 saturated carbocycles. The van der Waals surface area contributed by atoms with Crippen LogP contribution < -0.4 is 0 Å². The topological polar surface area (TPSA) is 3.24 Å². The van der Waals surface area contributed by atoms with E-state index in [1.807, 2.05) is 0 Å². The van der Waals surface area contributed by atoms with Crippen LogP contribution in [-0.4, -0.2) is 25.5 Å². The summed E-state index contributed by atoms with van der Waals surface area (Å²) in [4.78, 5) is 2.27. The van der Waals surface area contributed by atoms with Gasteiger partial charge in [0.2, 0.25) is 0 Å². The highest BCUT2D eigenvalue weighted by molar-refractivity contribution is 5.82. The highest BCUT2D eigenvalue weighted by atomic mass is 15.0. The Balaban J connectivity index is 1.96. The van der Waals surface area contributed by atoms with Gasteiger partial charge < -0.3 is 4.90 Å². The molecule has 0 fully saturated rings. The van der Waals surface area contributed by atoms with E-state index in [4.69, 9.17) is 0 Å². The van der Waals surface area contributed by atoms with Gasteiger partial charge in [0.15, 0.2) is 0 Å². The summed E-state index contributed by atoms with van der Waals surface area (Å²) in [5.41, 5.74) is 5.63. The van der Waals surface area contributed by atoms with Crippen molar-refractivity contribution in [3.05, 3.63) is 77.4 Å². The number of hydrogen-bond donors (Lipinski definition) is 0. The summed E-state index contributed by atoms with van der Waals surface area (Å²) in [5.74, 6) is 0.637. The van der Waals surface area contributed by atoms with Gasteiger partial charge in [-0.15, -0.1) is 0 Å². The van der Waals surface area contributed by atoms with E-state index in [0.29, 0.717) is 5.92 Å². The first-order valence-electron chi connectivity index (χ1n) is 7.74. The van der Waals surface area contributed by atoms with Crippen LogP contribution in [0.4, 0.5) is 0 Å². The van der Waals surface area contributed by atoms with Gasteiger partial charge in [0.05, 0.1) is 0 Å². The Bertz CT molecular complexity index is 625. The zero-order valence-corrected chi connectivity index (χ0v) is 12.9. The molecule has 1 heteroatoms. The molecule has 1 unspecified atom stereocenters. The Labute approximate surface area is 127 Å². The van der Waals surface area contributed by atoms with Crippen LogP contribution in [0.3, 0.4) is 0 Å². The van der Waals surface area contributed by atoms with E-state index in [0.717, 1.165) is 6.54 Å². The molecule has 0 heterocycles. The quantitative estimate of drug-likeness (QED) is 0.808. The predicted molar refractivity (Wildman–Crippen MR) is 90.3 cm³/mol. The highest BCUT2D eigenvalue weighted by Gasteiger charge is 2.20. The van der Waals surface area contributed by atoms with Gasteiger partial charge in [-0.25, -0.2) is 0 Å². The molecule has 2 aromatic carbocycles. The lowest BCUT2D eigenvalue weighted by Crippen LogP contribution is -2.19. The van der Waals surface area contributed by atoms with Crippen LogP contribution in [-0.2, 0) is 6.42 Å². The predicted octanol–water partition coefficient (Wildman–Crippen LogP) is 4.24. The third kappa shape index (κ3) is 3.25. The van der Waals surface area contributed by atoms with E-state index in [1.165, 1.54) is 35.1 Å². The summed E-state index contributed by atoms with van der Waals surface area (Å²) < 4.78 is 0. The second kappa shape index (κ2) is 6.28. The molecular weight excluding hydrogens is 254 g/mol. The van der Waals surface area contributed by atoms with Gasteiger partial charge in [-0.1, -0.05) is 60.7 Å². The average molecular weight is 277 g/mol. The zero-order valence-electron chi connectivity index (χ0n) is 12.9. The Morgan fingerprint density at radius 1 is 0.952 bits per heavy atom. The van der Waals surface area contributed by atoms with E-state index in [9.17, 15) is 0 Å². The first kappa shape index (κ1) is 14.1. The monoisotopic (exact) mass is 277 g/mol. The fourth-order valence-electron chi connectivity index (χ4n) is 3.11. The van der Waals surface area contributed by atoms with Gasteiger partial charge in [0.25, 0.3) is 0 Å². The minimum atomic E-state index is 0.637. The maximum atomic E-state index is 2.49. The molecule has 1 aliphatic rings. The number of allylic oxidation sites excluding steroid dienone is 1. The zero-order chi connectivity index (χ0) is 14.7. The molecule has 1 aliphatic carbocycles. The highest BCUT2D eigenvalue weighted by Crippen LogP contribution is 2.34. The summed E-state index contributed by atoms with van der Waals surface area (Å²) in [7, 11) is 4.30. The SMILES string of the molecule is CN(C)CCC1C=C(c2ccccc2)c2ccccc2C1. The van der Waals surface area contributed by atoms with Crippen molar-refractivity contribution in [2.75, 3.05) is 20.6 Å². The van der Waals surface area contributed by atoms with Gasteiger partial charge in [0.1, 0.15) is 0 Å². The number of benzene rings is 2. The number of nitrogens with zero attached hydrogens (tertiary/aromatic N) is 1. The first-order valence-corrected chi connectivity index (χ1v) is 7.74. The van der Waals surface area contributed by atoms with Gasteiger partial charge in [0, 0.05) is 0 Å². The van der Waals surface area contributed by atoms with Crippen LogP contribution >= 0.6 is 0 Å². The van der Waals surface area contributed by atoms with Gasteiger partial charge in [-0.2, -0.15) is 0 Å². The average Bonchev–Trinajstić information content (AvgIpc) is 2.53. The molecule has 0 bridgehead atoms. The van der Waals surface area contributed by atoms with Crippen molar-refractivity contribution in [1.82, 2.24) is 4.90 Å². The number of rotatable bonds is 4. The summed E-state index contributed by atoms with van der Waals surface area (Å²) in [6, 6.07) is 19.6. The van der Waals surface area contributed by atoms with Gasteiger partial charge >= 0.3 is 0 Å². The molecule has 0 amide bonds. The van der Waals surface area contributed by atoms with Crippen molar-refractivity contribution in [2.45, 2.75) is 12.8 Å². The molecule has 1 nitrogen and oxygen atoms in total. The van der Waals surface area contributed by atoms with E-state index in [-0.39, 0.29) is 0 Å². The molecule has 3 rings (SSSR count). The lowest BCUT2D eigenvalue weighted by Gasteiger charge is -2.25. The third-order valence-electron chi connectivity index (χ3n) is 4.22. The van der Waals surface area contributed by atoms with Crippen molar-refractivity contribution in [3.63, 3.8) is 0 Å².